The molecule has 1 unspecified atom stereocenters. The molecule has 3 N–H and O–H groups in total. The average molecular weight is 424 g/mol. The van der Waals surface area contributed by atoms with Crippen molar-refractivity contribution in [3.8, 4) is 5.75 Å². The minimum absolute atomic E-state index is 0.262. The Morgan fingerprint density at radius 1 is 0.739 bits per heavy atom. The standard InChI is InChI=1S/C6H3F5O8P2S2/c7-1-2(8)4(10)6(5(11)3(1)9)17-21(15,16)19-23-22-18-20(12,13)14/h(H,15,16)(H2,12,13,14). The molecule has 17 heteroatoms. The van der Waals surface area contributed by atoms with E-state index in [2.05, 4.69) is 12.5 Å². The number of phosphoric ester groups is 1. The molecule has 0 heterocycles. The summed E-state index contributed by atoms with van der Waals surface area (Å²) in [4.78, 5) is 25.6. The number of phosphoric acid groups is 2. The van der Waals surface area contributed by atoms with Crippen LogP contribution in [-0.4, -0.2) is 14.7 Å². The first-order valence-corrected chi connectivity index (χ1v) is 9.69. The first-order valence-electron chi connectivity index (χ1n) is 4.66. The van der Waals surface area contributed by atoms with Gasteiger partial charge in [0, 0.05) is 0 Å². The van der Waals surface area contributed by atoms with Crippen molar-refractivity contribution < 1.29 is 58.2 Å². The zero-order valence-corrected chi connectivity index (χ0v) is 13.4. The Balaban J connectivity index is 2.86. The van der Waals surface area contributed by atoms with Crippen LogP contribution in [0, 0.1) is 29.1 Å². The fourth-order valence-electron chi connectivity index (χ4n) is 0.898. The van der Waals surface area contributed by atoms with Crippen LogP contribution in [0.4, 0.5) is 22.0 Å². The fraction of sp³-hybridized carbons (Fsp3) is 0. The van der Waals surface area contributed by atoms with Crippen LogP contribution in [0.1, 0.15) is 0 Å². The third-order valence-electron chi connectivity index (χ3n) is 1.66. The van der Waals surface area contributed by atoms with Gasteiger partial charge in [0.25, 0.3) is 0 Å². The number of benzene rings is 1. The van der Waals surface area contributed by atoms with Gasteiger partial charge in [0.15, 0.2) is 0 Å². The smallest absolute Gasteiger partial charge is 0.397 e. The molecule has 1 aromatic carbocycles. The van der Waals surface area contributed by atoms with Crippen molar-refractivity contribution in [3.63, 3.8) is 0 Å². The monoisotopic (exact) mass is 424 g/mol. The molecular weight excluding hydrogens is 421 g/mol. The van der Waals surface area contributed by atoms with Gasteiger partial charge < -0.3 is 14.3 Å². The van der Waals surface area contributed by atoms with Crippen LogP contribution in [0.15, 0.2) is 0 Å². The Kier molecular flexibility index (Phi) is 6.90. The van der Waals surface area contributed by atoms with Crippen molar-refractivity contribution in [1.82, 2.24) is 0 Å². The summed E-state index contributed by atoms with van der Waals surface area (Å²) in [6.45, 7) is 0. The second kappa shape index (κ2) is 7.68. The number of halogens is 5. The minimum atomic E-state index is -5.43. The predicted molar refractivity (Wildman–Crippen MR) is 66.1 cm³/mol. The lowest BCUT2D eigenvalue weighted by Crippen LogP contribution is -2.06. The van der Waals surface area contributed by atoms with Gasteiger partial charge in [0.05, 0.1) is 0 Å². The van der Waals surface area contributed by atoms with Gasteiger partial charge >= 0.3 is 15.6 Å². The van der Waals surface area contributed by atoms with Crippen molar-refractivity contribution in [2.75, 3.05) is 0 Å². The molecular formula is C6H3F5O8P2S2. The summed E-state index contributed by atoms with van der Waals surface area (Å²) in [5.74, 6) is -14.5. The van der Waals surface area contributed by atoms with Gasteiger partial charge in [-0.05, 0) is 0 Å². The van der Waals surface area contributed by atoms with E-state index < -0.39 is 50.5 Å². The van der Waals surface area contributed by atoms with Gasteiger partial charge in [-0.25, -0.2) is 26.3 Å². The van der Waals surface area contributed by atoms with Gasteiger partial charge in [-0.2, -0.15) is 12.8 Å². The van der Waals surface area contributed by atoms with E-state index in [4.69, 9.17) is 14.7 Å². The van der Waals surface area contributed by atoms with E-state index in [0.29, 0.717) is 0 Å². The average Bonchev–Trinajstić information content (AvgIpc) is 2.43. The van der Waals surface area contributed by atoms with Crippen LogP contribution in [-0.2, 0) is 17.1 Å². The van der Waals surface area contributed by atoms with E-state index in [1.807, 2.05) is 0 Å². The van der Waals surface area contributed by atoms with Crippen LogP contribution in [0.2, 0.25) is 0 Å². The first kappa shape index (κ1) is 20.7. The van der Waals surface area contributed by atoms with Crippen LogP contribution >= 0.6 is 37.8 Å². The van der Waals surface area contributed by atoms with E-state index in [9.17, 15) is 31.1 Å². The fourth-order valence-corrected chi connectivity index (χ4v) is 4.09. The van der Waals surface area contributed by atoms with Crippen molar-refractivity contribution in [3.05, 3.63) is 29.1 Å². The van der Waals surface area contributed by atoms with Crippen LogP contribution in [0.5, 0.6) is 5.75 Å². The maximum absolute atomic E-state index is 13.2. The van der Waals surface area contributed by atoms with Crippen molar-refractivity contribution in [2.24, 2.45) is 0 Å². The molecule has 0 saturated heterocycles. The summed E-state index contributed by atoms with van der Waals surface area (Å²) in [5.41, 5.74) is 0. The molecule has 0 bridgehead atoms. The summed E-state index contributed by atoms with van der Waals surface area (Å²) in [6, 6.07) is 0. The molecule has 0 spiro atoms. The molecule has 1 atom stereocenters. The second-order valence-corrected chi connectivity index (χ2v) is 7.62. The molecule has 1 aromatic rings. The third-order valence-corrected chi connectivity index (χ3v) is 5.40. The molecule has 0 aliphatic rings. The second-order valence-electron chi connectivity index (χ2n) is 3.23. The normalized spacial score (nSPS) is 14.6. The minimum Gasteiger partial charge on any atom is -0.397 e. The molecule has 1 rings (SSSR count). The molecule has 23 heavy (non-hydrogen) atoms. The Labute approximate surface area is 131 Å². The highest BCUT2D eigenvalue weighted by Gasteiger charge is 2.34. The lowest BCUT2D eigenvalue weighted by Gasteiger charge is -2.13. The summed E-state index contributed by atoms with van der Waals surface area (Å²) >= 11 is -0.575. The molecule has 0 amide bonds. The van der Waals surface area contributed by atoms with E-state index in [-0.39, 0.29) is 22.1 Å². The molecule has 0 saturated carbocycles. The van der Waals surface area contributed by atoms with E-state index in [0.717, 1.165) is 0 Å². The molecule has 8 nitrogen and oxygen atoms in total. The molecule has 0 fully saturated rings. The van der Waals surface area contributed by atoms with Gasteiger partial charge in [-0.15, -0.1) is 0 Å². The van der Waals surface area contributed by atoms with Gasteiger partial charge in [0.2, 0.25) is 34.8 Å². The molecule has 0 aliphatic carbocycles. The maximum atomic E-state index is 13.2. The quantitative estimate of drug-likeness (QED) is 0.114. The first-order chi connectivity index (χ1) is 10.4. The van der Waals surface area contributed by atoms with E-state index in [1.165, 1.54) is 0 Å². The zero-order chi connectivity index (χ0) is 18.0. The van der Waals surface area contributed by atoms with Crippen molar-refractivity contribution >= 4 is 37.8 Å². The molecule has 0 aromatic heterocycles. The van der Waals surface area contributed by atoms with E-state index in [1.54, 1.807) is 0 Å². The molecule has 132 valence electrons. The SMILES string of the molecule is O=P(O)(O)OSSOP(=O)(O)Oc1c(F)c(F)c(F)c(F)c1F. The molecule has 0 aliphatic heterocycles. The summed E-state index contributed by atoms with van der Waals surface area (Å²) in [7, 11) is -10.4. The predicted octanol–water partition coefficient (Wildman–Crippen LogP) is 3.20. The van der Waals surface area contributed by atoms with Crippen molar-refractivity contribution in [1.29, 1.82) is 0 Å². The highest BCUT2D eigenvalue weighted by atomic mass is 33.1. The molecule has 0 radical (unpaired) electrons. The number of rotatable bonds is 7. The van der Waals surface area contributed by atoms with E-state index >= 15 is 0 Å². The Bertz CT molecular complexity index is 669. The summed E-state index contributed by atoms with van der Waals surface area (Å²) in [6.07, 6.45) is 0. The highest BCUT2D eigenvalue weighted by molar-refractivity contribution is 8.74. The van der Waals surface area contributed by atoms with Crippen LogP contribution < -0.4 is 4.52 Å². The van der Waals surface area contributed by atoms with Gasteiger partial charge in [0.1, 0.15) is 22.1 Å². The zero-order valence-electron chi connectivity index (χ0n) is 9.98. The third kappa shape index (κ3) is 5.89. The van der Waals surface area contributed by atoms with Crippen LogP contribution in [0.25, 0.3) is 0 Å². The summed E-state index contributed by atoms with van der Waals surface area (Å²) < 4.78 is 97.7. The topological polar surface area (TPSA) is 123 Å². The number of hydrogen-bond acceptors (Lipinski definition) is 7. The van der Waals surface area contributed by atoms with Crippen LogP contribution in [0.3, 0.4) is 0 Å². The largest absolute Gasteiger partial charge is 0.539 e. The maximum Gasteiger partial charge on any atom is 0.539 e. The van der Waals surface area contributed by atoms with Gasteiger partial charge in [-0.1, -0.05) is 0 Å². The Hall–Kier alpha value is -0.370. The number of hydrogen-bond donors (Lipinski definition) is 3. The Morgan fingerprint density at radius 2 is 1.13 bits per heavy atom. The lowest BCUT2D eigenvalue weighted by molar-refractivity contribution is 0.280. The lowest BCUT2D eigenvalue weighted by atomic mass is 10.3. The van der Waals surface area contributed by atoms with Gasteiger partial charge in [-0.3, -0.25) is 4.89 Å². The highest BCUT2D eigenvalue weighted by Crippen LogP contribution is 2.54. The van der Waals surface area contributed by atoms with Crippen molar-refractivity contribution in [2.45, 2.75) is 0 Å². The Morgan fingerprint density at radius 3 is 1.57 bits per heavy atom. The summed E-state index contributed by atoms with van der Waals surface area (Å²) in [5, 5.41) is 0.